The van der Waals surface area contributed by atoms with Crippen molar-refractivity contribution in [2.24, 2.45) is 0 Å². The first-order chi connectivity index (χ1) is 12.1. The number of ether oxygens (including phenoxy) is 3. The summed E-state index contributed by atoms with van der Waals surface area (Å²) in [6.07, 6.45) is 0. The summed E-state index contributed by atoms with van der Waals surface area (Å²) in [5.41, 5.74) is 1.56. The van der Waals surface area contributed by atoms with Gasteiger partial charge in [0.15, 0.2) is 5.11 Å². The average molecular weight is 360 g/mol. The SMILES string of the molecule is COc1ccc(OC)c(NC(=S)NCC(=O)OCc2ccccc2)c1. The summed E-state index contributed by atoms with van der Waals surface area (Å²) in [6, 6.07) is 14.8. The van der Waals surface area contributed by atoms with Crippen LogP contribution in [0.4, 0.5) is 5.69 Å². The number of benzene rings is 2. The number of thiocarbonyl (C=S) groups is 1. The normalized spacial score (nSPS) is 9.84. The van der Waals surface area contributed by atoms with E-state index in [2.05, 4.69) is 10.6 Å². The molecule has 0 saturated heterocycles. The van der Waals surface area contributed by atoms with Crippen LogP contribution >= 0.6 is 12.2 Å². The van der Waals surface area contributed by atoms with Crippen LogP contribution in [0.25, 0.3) is 0 Å². The smallest absolute Gasteiger partial charge is 0.325 e. The fourth-order valence-electron chi connectivity index (χ4n) is 2.02. The number of methoxy groups -OCH3 is 2. The summed E-state index contributed by atoms with van der Waals surface area (Å²) in [7, 11) is 3.13. The lowest BCUT2D eigenvalue weighted by Crippen LogP contribution is -2.34. The molecule has 0 atom stereocenters. The van der Waals surface area contributed by atoms with Crippen LogP contribution in [0.1, 0.15) is 5.56 Å². The molecular formula is C18H20N2O4S. The number of rotatable bonds is 7. The number of anilines is 1. The summed E-state index contributed by atoms with van der Waals surface area (Å²) >= 11 is 5.19. The first kappa shape index (κ1) is 18.5. The highest BCUT2D eigenvalue weighted by Crippen LogP contribution is 2.28. The molecule has 0 unspecified atom stereocenters. The van der Waals surface area contributed by atoms with Crippen molar-refractivity contribution < 1.29 is 19.0 Å². The van der Waals surface area contributed by atoms with E-state index in [4.69, 9.17) is 26.4 Å². The van der Waals surface area contributed by atoms with Gasteiger partial charge in [-0.1, -0.05) is 30.3 Å². The third-order valence-corrected chi connectivity index (χ3v) is 3.54. The second kappa shape index (κ2) is 9.48. The van der Waals surface area contributed by atoms with Crippen LogP contribution in [-0.4, -0.2) is 31.8 Å². The van der Waals surface area contributed by atoms with Crippen LogP contribution in [-0.2, 0) is 16.1 Å². The zero-order valence-electron chi connectivity index (χ0n) is 14.1. The molecule has 2 rings (SSSR count). The van der Waals surface area contributed by atoms with E-state index in [1.165, 1.54) is 0 Å². The summed E-state index contributed by atoms with van der Waals surface area (Å²) in [4.78, 5) is 11.8. The van der Waals surface area contributed by atoms with Crippen LogP contribution in [0.2, 0.25) is 0 Å². The molecule has 0 amide bonds. The first-order valence-electron chi connectivity index (χ1n) is 7.59. The molecule has 0 bridgehead atoms. The average Bonchev–Trinajstić information content (AvgIpc) is 2.65. The van der Waals surface area contributed by atoms with Crippen molar-refractivity contribution in [3.8, 4) is 11.5 Å². The molecule has 7 heteroatoms. The third-order valence-electron chi connectivity index (χ3n) is 3.29. The Morgan fingerprint density at radius 2 is 1.84 bits per heavy atom. The Balaban J connectivity index is 1.81. The molecule has 0 aromatic heterocycles. The maximum Gasteiger partial charge on any atom is 0.325 e. The Hall–Kier alpha value is -2.80. The third kappa shape index (κ3) is 5.96. The van der Waals surface area contributed by atoms with Gasteiger partial charge in [0, 0.05) is 6.07 Å². The number of nitrogens with one attached hydrogen (secondary N) is 2. The van der Waals surface area contributed by atoms with E-state index in [1.807, 2.05) is 30.3 Å². The van der Waals surface area contributed by atoms with Crippen molar-refractivity contribution >= 4 is 29.0 Å². The Bertz CT molecular complexity index is 722. The van der Waals surface area contributed by atoms with Gasteiger partial charge in [-0.25, -0.2) is 0 Å². The zero-order chi connectivity index (χ0) is 18.1. The van der Waals surface area contributed by atoms with Crippen LogP contribution in [0.5, 0.6) is 11.5 Å². The minimum atomic E-state index is -0.398. The molecule has 0 radical (unpaired) electrons. The van der Waals surface area contributed by atoms with E-state index < -0.39 is 5.97 Å². The molecule has 0 saturated carbocycles. The largest absolute Gasteiger partial charge is 0.497 e. The molecule has 0 aliphatic carbocycles. The van der Waals surface area contributed by atoms with Gasteiger partial charge in [0.1, 0.15) is 24.7 Å². The van der Waals surface area contributed by atoms with E-state index in [-0.39, 0.29) is 18.3 Å². The topological polar surface area (TPSA) is 68.8 Å². The maximum absolute atomic E-state index is 11.8. The van der Waals surface area contributed by atoms with E-state index in [9.17, 15) is 4.79 Å². The van der Waals surface area contributed by atoms with Gasteiger partial charge in [0.2, 0.25) is 0 Å². The van der Waals surface area contributed by atoms with Gasteiger partial charge in [-0.3, -0.25) is 4.79 Å². The fraction of sp³-hybridized carbons (Fsp3) is 0.222. The highest BCUT2D eigenvalue weighted by molar-refractivity contribution is 7.80. The van der Waals surface area contributed by atoms with Crippen molar-refractivity contribution in [1.82, 2.24) is 5.32 Å². The second-order valence-electron chi connectivity index (χ2n) is 5.02. The summed E-state index contributed by atoms with van der Waals surface area (Å²) in [5, 5.41) is 6.06. The number of carbonyl (C=O) groups is 1. The van der Waals surface area contributed by atoms with Crippen LogP contribution in [0.3, 0.4) is 0 Å². The van der Waals surface area contributed by atoms with Crippen LogP contribution in [0, 0.1) is 0 Å². The van der Waals surface area contributed by atoms with E-state index >= 15 is 0 Å². The van der Waals surface area contributed by atoms with Crippen LogP contribution < -0.4 is 20.1 Å². The van der Waals surface area contributed by atoms with Crippen molar-refractivity contribution in [3.63, 3.8) is 0 Å². The van der Waals surface area contributed by atoms with Gasteiger partial charge in [-0.2, -0.15) is 0 Å². The Morgan fingerprint density at radius 3 is 2.52 bits per heavy atom. The minimum Gasteiger partial charge on any atom is -0.497 e. The summed E-state index contributed by atoms with van der Waals surface area (Å²) in [5.74, 6) is 0.871. The highest BCUT2D eigenvalue weighted by atomic mass is 32.1. The second-order valence-corrected chi connectivity index (χ2v) is 5.43. The molecular weight excluding hydrogens is 340 g/mol. The molecule has 0 aliphatic rings. The molecule has 132 valence electrons. The Kier molecular flexibility index (Phi) is 7.03. The van der Waals surface area contributed by atoms with E-state index in [0.29, 0.717) is 17.2 Å². The van der Waals surface area contributed by atoms with Crippen molar-refractivity contribution in [2.45, 2.75) is 6.61 Å². The van der Waals surface area contributed by atoms with Gasteiger partial charge >= 0.3 is 5.97 Å². The highest BCUT2D eigenvalue weighted by Gasteiger charge is 2.09. The van der Waals surface area contributed by atoms with Crippen molar-refractivity contribution in [1.29, 1.82) is 0 Å². The lowest BCUT2D eigenvalue weighted by molar-refractivity contribution is -0.143. The Morgan fingerprint density at radius 1 is 1.08 bits per heavy atom. The predicted octanol–water partition coefficient (Wildman–Crippen LogP) is 2.73. The number of esters is 1. The molecule has 0 heterocycles. The number of carbonyl (C=O) groups excluding carboxylic acids is 1. The van der Waals surface area contributed by atoms with Crippen molar-refractivity contribution in [3.05, 3.63) is 54.1 Å². The molecule has 2 N–H and O–H groups in total. The van der Waals surface area contributed by atoms with E-state index in [0.717, 1.165) is 5.56 Å². The van der Waals surface area contributed by atoms with E-state index in [1.54, 1.807) is 32.4 Å². The number of hydrogen-bond donors (Lipinski definition) is 2. The molecule has 0 aliphatic heterocycles. The standard InChI is InChI=1S/C18H20N2O4S/c1-22-14-8-9-16(23-2)15(10-14)20-18(25)19-11-17(21)24-12-13-6-4-3-5-7-13/h3-10H,11-12H2,1-2H3,(H2,19,20,25). The number of hydrogen-bond acceptors (Lipinski definition) is 5. The molecule has 6 nitrogen and oxygen atoms in total. The van der Waals surface area contributed by atoms with Crippen molar-refractivity contribution in [2.75, 3.05) is 26.1 Å². The lowest BCUT2D eigenvalue weighted by Gasteiger charge is -2.14. The van der Waals surface area contributed by atoms with Gasteiger partial charge in [0.05, 0.1) is 19.9 Å². The fourth-order valence-corrected chi connectivity index (χ4v) is 2.20. The maximum atomic E-state index is 11.8. The quantitative estimate of drug-likeness (QED) is 0.581. The Labute approximate surface area is 152 Å². The molecule has 0 spiro atoms. The first-order valence-corrected chi connectivity index (χ1v) is 7.99. The zero-order valence-corrected chi connectivity index (χ0v) is 14.9. The minimum absolute atomic E-state index is 0.0368. The molecule has 2 aromatic rings. The van der Waals surface area contributed by atoms with Crippen LogP contribution in [0.15, 0.2) is 48.5 Å². The lowest BCUT2D eigenvalue weighted by atomic mass is 10.2. The van der Waals surface area contributed by atoms with Gasteiger partial charge < -0.3 is 24.8 Å². The molecule has 0 fully saturated rings. The monoisotopic (exact) mass is 360 g/mol. The van der Waals surface area contributed by atoms with Gasteiger partial charge in [-0.05, 0) is 29.9 Å². The molecule has 25 heavy (non-hydrogen) atoms. The summed E-state index contributed by atoms with van der Waals surface area (Å²) < 4.78 is 15.6. The molecule has 2 aromatic carbocycles. The van der Waals surface area contributed by atoms with Gasteiger partial charge in [-0.15, -0.1) is 0 Å². The van der Waals surface area contributed by atoms with Gasteiger partial charge in [0.25, 0.3) is 0 Å². The predicted molar refractivity (Wildman–Crippen MR) is 100 cm³/mol. The summed E-state index contributed by atoms with van der Waals surface area (Å²) in [6.45, 7) is 0.191.